The quantitative estimate of drug-likeness (QED) is 0.729. The fourth-order valence-electron chi connectivity index (χ4n) is 3.77. The SMILES string of the molecule is Cc1ccc(NC(=O)C[NH+]2CCC(c3nc4ccccc4s3)CC2)cc1C. The van der Waals surface area contributed by atoms with E-state index in [0.717, 1.165) is 37.1 Å². The summed E-state index contributed by atoms with van der Waals surface area (Å²) >= 11 is 1.82. The Kier molecular flexibility index (Phi) is 5.23. The monoisotopic (exact) mass is 380 g/mol. The van der Waals surface area contributed by atoms with Crippen molar-refractivity contribution < 1.29 is 9.69 Å². The Morgan fingerprint density at radius 2 is 1.93 bits per heavy atom. The molecular weight excluding hydrogens is 354 g/mol. The summed E-state index contributed by atoms with van der Waals surface area (Å²) in [4.78, 5) is 18.6. The summed E-state index contributed by atoms with van der Waals surface area (Å²) in [5, 5.41) is 4.31. The fraction of sp³-hybridized carbons (Fsp3) is 0.364. The van der Waals surface area contributed by atoms with Crippen LogP contribution in [-0.4, -0.2) is 30.5 Å². The van der Waals surface area contributed by atoms with Gasteiger partial charge in [0, 0.05) is 24.4 Å². The molecule has 1 aromatic heterocycles. The lowest BCUT2D eigenvalue weighted by molar-refractivity contribution is -0.897. The number of likely N-dealkylation sites (tertiary alicyclic amines) is 1. The minimum atomic E-state index is 0.103. The average molecular weight is 381 g/mol. The number of rotatable bonds is 4. The second kappa shape index (κ2) is 7.79. The third kappa shape index (κ3) is 4.20. The summed E-state index contributed by atoms with van der Waals surface area (Å²) in [6.07, 6.45) is 2.21. The van der Waals surface area contributed by atoms with E-state index in [2.05, 4.69) is 43.4 Å². The minimum absolute atomic E-state index is 0.103. The van der Waals surface area contributed by atoms with Crippen molar-refractivity contribution in [2.24, 2.45) is 0 Å². The van der Waals surface area contributed by atoms with Crippen molar-refractivity contribution in [3.63, 3.8) is 0 Å². The van der Waals surface area contributed by atoms with Crippen LogP contribution in [0.1, 0.15) is 34.9 Å². The van der Waals surface area contributed by atoms with Crippen LogP contribution in [0, 0.1) is 13.8 Å². The Morgan fingerprint density at radius 3 is 2.67 bits per heavy atom. The van der Waals surface area contributed by atoms with Crippen molar-refractivity contribution in [1.82, 2.24) is 4.98 Å². The van der Waals surface area contributed by atoms with Crippen molar-refractivity contribution >= 4 is 33.1 Å². The Balaban J connectivity index is 1.31. The van der Waals surface area contributed by atoms with Crippen LogP contribution in [0.2, 0.25) is 0 Å². The molecule has 140 valence electrons. The molecule has 4 nitrogen and oxygen atoms in total. The van der Waals surface area contributed by atoms with Gasteiger partial charge in [-0.3, -0.25) is 4.79 Å². The van der Waals surface area contributed by atoms with Crippen LogP contribution < -0.4 is 10.2 Å². The number of carbonyl (C=O) groups excluding carboxylic acids is 1. The number of benzene rings is 2. The summed E-state index contributed by atoms with van der Waals surface area (Å²) in [6, 6.07) is 14.4. The summed E-state index contributed by atoms with van der Waals surface area (Å²) in [5.41, 5.74) is 4.46. The van der Waals surface area contributed by atoms with E-state index in [1.54, 1.807) is 0 Å². The van der Waals surface area contributed by atoms with Gasteiger partial charge >= 0.3 is 0 Å². The van der Waals surface area contributed by atoms with E-state index < -0.39 is 0 Å². The van der Waals surface area contributed by atoms with Crippen LogP contribution in [0.15, 0.2) is 42.5 Å². The number of amides is 1. The van der Waals surface area contributed by atoms with Crippen molar-refractivity contribution in [1.29, 1.82) is 0 Å². The van der Waals surface area contributed by atoms with E-state index in [1.807, 2.05) is 29.5 Å². The number of thiazole rings is 1. The lowest BCUT2D eigenvalue weighted by Gasteiger charge is -2.27. The smallest absolute Gasteiger partial charge is 0.279 e. The number of aryl methyl sites for hydroxylation is 2. The predicted octanol–water partition coefficient (Wildman–Crippen LogP) is 3.31. The molecule has 27 heavy (non-hydrogen) atoms. The maximum Gasteiger partial charge on any atom is 0.279 e. The first-order valence-corrected chi connectivity index (χ1v) is 10.5. The van der Waals surface area contributed by atoms with Gasteiger partial charge in [-0.05, 0) is 49.2 Å². The molecule has 1 aliphatic rings. The normalized spacial score (nSPS) is 19.9. The first-order valence-electron chi connectivity index (χ1n) is 9.64. The molecule has 3 aromatic rings. The molecule has 2 aromatic carbocycles. The van der Waals surface area contributed by atoms with Crippen LogP contribution in [0.25, 0.3) is 10.2 Å². The van der Waals surface area contributed by atoms with Crippen LogP contribution in [-0.2, 0) is 4.79 Å². The molecule has 1 aliphatic heterocycles. The molecule has 4 rings (SSSR count). The lowest BCUT2D eigenvalue weighted by atomic mass is 9.97. The Labute approximate surface area is 164 Å². The largest absolute Gasteiger partial charge is 0.327 e. The maximum absolute atomic E-state index is 12.4. The number of nitrogens with zero attached hydrogens (tertiary/aromatic N) is 1. The molecule has 0 aliphatic carbocycles. The minimum Gasteiger partial charge on any atom is -0.327 e. The molecule has 0 atom stereocenters. The second-order valence-electron chi connectivity index (χ2n) is 7.57. The average Bonchev–Trinajstić information content (AvgIpc) is 3.09. The highest BCUT2D eigenvalue weighted by atomic mass is 32.1. The van der Waals surface area contributed by atoms with Gasteiger partial charge in [-0.1, -0.05) is 18.2 Å². The molecule has 1 amide bonds. The number of hydrogen-bond acceptors (Lipinski definition) is 3. The van der Waals surface area contributed by atoms with Crippen molar-refractivity contribution in [3.8, 4) is 0 Å². The van der Waals surface area contributed by atoms with Crippen molar-refractivity contribution in [2.75, 3.05) is 25.0 Å². The Hall–Kier alpha value is -2.24. The highest BCUT2D eigenvalue weighted by Crippen LogP contribution is 2.31. The molecule has 0 saturated carbocycles. The number of aromatic nitrogens is 1. The van der Waals surface area contributed by atoms with Gasteiger partial charge in [-0.15, -0.1) is 11.3 Å². The summed E-state index contributed by atoms with van der Waals surface area (Å²) in [7, 11) is 0. The van der Waals surface area contributed by atoms with E-state index >= 15 is 0 Å². The highest BCUT2D eigenvalue weighted by Gasteiger charge is 2.27. The van der Waals surface area contributed by atoms with Crippen LogP contribution >= 0.6 is 11.3 Å². The van der Waals surface area contributed by atoms with Gasteiger partial charge < -0.3 is 10.2 Å². The first-order chi connectivity index (χ1) is 13.1. The molecule has 0 bridgehead atoms. The standard InChI is InChI=1S/C22H25N3OS/c1-15-7-8-18(13-16(15)2)23-21(26)14-25-11-9-17(10-12-25)22-24-19-5-3-4-6-20(19)27-22/h3-8,13,17H,9-12,14H2,1-2H3,(H,23,26)/p+1. The molecule has 5 heteroatoms. The van der Waals surface area contributed by atoms with Crippen LogP contribution in [0.4, 0.5) is 5.69 Å². The highest BCUT2D eigenvalue weighted by molar-refractivity contribution is 7.18. The maximum atomic E-state index is 12.4. The van der Waals surface area contributed by atoms with Gasteiger partial charge in [0.2, 0.25) is 0 Å². The van der Waals surface area contributed by atoms with Gasteiger partial charge in [0.15, 0.2) is 6.54 Å². The number of fused-ring (bicyclic) bond motifs is 1. The third-order valence-corrected chi connectivity index (χ3v) is 6.75. The third-order valence-electron chi connectivity index (χ3n) is 5.55. The molecule has 2 heterocycles. The van der Waals surface area contributed by atoms with Gasteiger partial charge in [0.25, 0.3) is 5.91 Å². The van der Waals surface area contributed by atoms with E-state index in [0.29, 0.717) is 12.5 Å². The van der Waals surface area contributed by atoms with Crippen molar-refractivity contribution in [3.05, 3.63) is 58.6 Å². The zero-order valence-corrected chi connectivity index (χ0v) is 16.7. The number of hydrogen-bond donors (Lipinski definition) is 2. The summed E-state index contributed by atoms with van der Waals surface area (Å²) < 4.78 is 1.27. The number of quaternary nitrogens is 1. The van der Waals surface area contributed by atoms with Crippen LogP contribution in [0.5, 0.6) is 0 Å². The fourth-order valence-corrected chi connectivity index (χ4v) is 4.90. The van der Waals surface area contributed by atoms with Gasteiger partial charge in [0.05, 0.1) is 28.3 Å². The van der Waals surface area contributed by atoms with Gasteiger partial charge in [-0.25, -0.2) is 4.98 Å². The number of piperidine rings is 1. The van der Waals surface area contributed by atoms with E-state index in [-0.39, 0.29) is 5.91 Å². The zero-order valence-electron chi connectivity index (χ0n) is 15.9. The van der Waals surface area contributed by atoms with Crippen molar-refractivity contribution in [2.45, 2.75) is 32.6 Å². The second-order valence-corrected chi connectivity index (χ2v) is 8.63. The topological polar surface area (TPSA) is 46.4 Å². The molecule has 1 saturated heterocycles. The van der Waals surface area contributed by atoms with Crippen LogP contribution in [0.3, 0.4) is 0 Å². The van der Waals surface area contributed by atoms with Gasteiger partial charge in [0.1, 0.15) is 0 Å². The molecular formula is C22H26N3OS+. The molecule has 0 unspecified atom stereocenters. The number of anilines is 1. The Bertz CT molecular complexity index is 924. The zero-order chi connectivity index (χ0) is 18.8. The van der Waals surface area contributed by atoms with E-state index in [1.165, 1.54) is 25.7 Å². The molecule has 0 radical (unpaired) electrons. The number of nitrogens with one attached hydrogen (secondary N) is 2. The number of carbonyl (C=O) groups is 1. The van der Waals surface area contributed by atoms with E-state index in [9.17, 15) is 4.79 Å². The molecule has 2 N–H and O–H groups in total. The van der Waals surface area contributed by atoms with Gasteiger partial charge in [-0.2, -0.15) is 0 Å². The predicted molar refractivity (Wildman–Crippen MR) is 112 cm³/mol. The first kappa shape index (κ1) is 18.1. The number of para-hydroxylation sites is 1. The summed E-state index contributed by atoms with van der Waals surface area (Å²) in [6.45, 7) is 6.76. The Morgan fingerprint density at radius 1 is 1.15 bits per heavy atom. The van der Waals surface area contributed by atoms with E-state index in [4.69, 9.17) is 4.98 Å². The molecule has 1 fully saturated rings. The molecule has 0 spiro atoms. The lowest BCUT2D eigenvalue weighted by Crippen LogP contribution is -3.14. The summed E-state index contributed by atoms with van der Waals surface area (Å²) in [5.74, 6) is 0.639.